The van der Waals surface area contributed by atoms with E-state index in [1.54, 1.807) is 0 Å². The van der Waals surface area contributed by atoms with Crippen molar-refractivity contribution in [3.05, 3.63) is 138 Å². The summed E-state index contributed by atoms with van der Waals surface area (Å²) in [6, 6.07) is 17.6. The number of nitrogens with two attached hydrogens (primary N) is 1. The van der Waals surface area contributed by atoms with Crippen molar-refractivity contribution >= 4 is 57.0 Å². The lowest BCUT2D eigenvalue weighted by molar-refractivity contribution is -0.137. The predicted molar refractivity (Wildman–Crippen MR) is 234 cm³/mol. The van der Waals surface area contributed by atoms with Crippen LogP contribution in [0.5, 0.6) is 0 Å². The minimum absolute atomic E-state index is 0.0540. The smallest absolute Gasteiger partial charge is 0.368 e. The molecule has 3 aromatic carbocycles. The molecule has 0 radical (unpaired) electrons. The molecule has 3 aliphatic rings. The summed E-state index contributed by atoms with van der Waals surface area (Å²) in [5.41, 5.74) is 9.10. The molecule has 0 amide bonds. The Bertz CT molecular complexity index is 2240. The van der Waals surface area contributed by atoms with Crippen LogP contribution in [0.2, 0.25) is 5.02 Å². The Kier molecular flexibility index (Phi) is 12.7. The second-order valence-corrected chi connectivity index (χ2v) is 15.4. The Morgan fingerprint density at radius 3 is 2.37 bits per heavy atom. The molecule has 14 heteroatoms. The second kappa shape index (κ2) is 17.5. The monoisotopic (exact) mass is 815 g/mol. The van der Waals surface area contributed by atoms with Crippen LogP contribution in [0.25, 0.3) is 22.8 Å². The number of allylic oxidation sites excluding steroid dienone is 2. The number of alkyl halides is 3. The van der Waals surface area contributed by atoms with Crippen molar-refractivity contribution in [2.45, 2.75) is 45.2 Å². The van der Waals surface area contributed by atoms with Gasteiger partial charge in [0, 0.05) is 54.4 Å². The molecule has 1 aromatic heterocycles. The highest BCUT2D eigenvalue weighted by Gasteiger charge is 2.36. The van der Waals surface area contributed by atoms with Gasteiger partial charge >= 0.3 is 6.18 Å². The Hall–Kier alpha value is -5.24. The summed E-state index contributed by atoms with van der Waals surface area (Å²) >= 11 is 6.34. The number of rotatable bonds is 11. The van der Waals surface area contributed by atoms with Gasteiger partial charge in [-0.1, -0.05) is 74.7 Å². The van der Waals surface area contributed by atoms with E-state index >= 15 is 0 Å². The van der Waals surface area contributed by atoms with Crippen molar-refractivity contribution in [3.63, 3.8) is 0 Å². The summed E-state index contributed by atoms with van der Waals surface area (Å²) in [6.45, 7) is 24.5. The molecule has 7 rings (SSSR count). The molecule has 0 bridgehead atoms. The van der Waals surface area contributed by atoms with E-state index in [1.807, 2.05) is 28.9 Å². The number of hydrogen-bond acceptors (Lipinski definition) is 8. The van der Waals surface area contributed by atoms with Crippen LogP contribution in [0, 0.1) is 0 Å². The van der Waals surface area contributed by atoms with Crippen molar-refractivity contribution in [2.75, 3.05) is 47.7 Å². The minimum Gasteiger partial charge on any atom is -0.368 e. The molecule has 9 nitrogen and oxygen atoms in total. The van der Waals surface area contributed by atoms with Crippen molar-refractivity contribution in [1.29, 1.82) is 0 Å². The number of benzene rings is 3. The zero-order chi connectivity index (χ0) is 41.0. The average Bonchev–Trinajstić information content (AvgIpc) is 3.65. The third-order valence-electron chi connectivity index (χ3n) is 10.3. The maximum absolute atomic E-state index is 13.4. The molecule has 0 spiro atoms. The molecular formula is C43H49ClF3N9S. The lowest BCUT2D eigenvalue weighted by Crippen LogP contribution is -2.47. The van der Waals surface area contributed by atoms with Gasteiger partial charge in [-0.15, -0.1) is 18.3 Å². The van der Waals surface area contributed by atoms with Gasteiger partial charge in [-0.25, -0.2) is 0 Å². The fraction of sp³-hybridized carbons (Fsp3) is 0.279. The molecule has 4 N–H and O–H groups in total. The predicted octanol–water partition coefficient (Wildman–Crippen LogP) is 10.0. The van der Waals surface area contributed by atoms with E-state index in [0.717, 1.165) is 77.4 Å². The van der Waals surface area contributed by atoms with Gasteiger partial charge in [0.25, 0.3) is 0 Å². The summed E-state index contributed by atoms with van der Waals surface area (Å²) in [7, 11) is -0.731. The number of aromatic nitrogens is 3. The zero-order valence-corrected chi connectivity index (χ0v) is 33.8. The summed E-state index contributed by atoms with van der Waals surface area (Å²) in [5, 5.41) is 14.2. The number of piperazine rings is 1. The SMILES string of the molecule is C=C.C=C(CN1C(CC)=C(N2CCN(C(=C)c3ccccc3NS(=C)N)CC2)C(=C)n2nc(-c3cccc4c3CCCC4)nc21)Nc1ccc(C(F)(F)F)cc1Cl. The third-order valence-corrected chi connectivity index (χ3v) is 11.1. The van der Waals surface area contributed by atoms with Crippen LogP contribution >= 0.6 is 22.5 Å². The summed E-state index contributed by atoms with van der Waals surface area (Å²) in [6.07, 6.45) is 0.413. The molecular weight excluding hydrogens is 767 g/mol. The number of fused-ring (bicyclic) bond motifs is 2. The van der Waals surface area contributed by atoms with Crippen LogP contribution in [0.4, 0.5) is 30.5 Å². The van der Waals surface area contributed by atoms with E-state index in [2.05, 4.69) is 88.6 Å². The summed E-state index contributed by atoms with van der Waals surface area (Å²) in [4.78, 5) is 11.9. The van der Waals surface area contributed by atoms with Crippen molar-refractivity contribution < 1.29 is 13.2 Å². The molecule has 1 aliphatic carbocycles. The molecule has 1 fully saturated rings. The standard InChI is InChI=1S/C41H45ClF3N9S.C2H4/c1-6-37-38(52-22-20-51(21-23-52)27(3)31-14-9-10-17-35(31)50-55(5)46)28(4)54-40(48-39(49-54)33-16-11-13-29-12-7-8-15-32(29)33)53(37)25-26(2)47-36-19-18-30(24-34(36)42)41(43,44)45;1-2/h9-11,13-14,16-19,24,47,50H,2-8,12,15,20-23,25,46H2,1H3;1-2H2. The highest BCUT2D eigenvalue weighted by Crippen LogP contribution is 2.41. The van der Waals surface area contributed by atoms with E-state index in [0.29, 0.717) is 55.8 Å². The minimum atomic E-state index is -4.51. The van der Waals surface area contributed by atoms with E-state index < -0.39 is 22.6 Å². The maximum atomic E-state index is 13.4. The van der Waals surface area contributed by atoms with Crippen LogP contribution in [-0.2, 0) is 19.0 Å². The summed E-state index contributed by atoms with van der Waals surface area (Å²) < 4.78 is 45.2. The number of hydrogen-bond donors (Lipinski definition) is 3. The average molecular weight is 816 g/mol. The highest BCUT2D eigenvalue weighted by atomic mass is 35.5. The molecule has 3 heterocycles. The lowest BCUT2D eigenvalue weighted by Gasteiger charge is -2.43. The van der Waals surface area contributed by atoms with Gasteiger partial charge in [0.1, 0.15) is 0 Å². The van der Waals surface area contributed by atoms with Gasteiger partial charge in [-0.05, 0) is 84.2 Å². The second-order valence-electron chi connectivity index (χ2n) is 13.9. The van der Waals surface area contributed by atoms with Gasteiger partial charge in [0.05, 0.1) is 39.9 Å². The Balaban J connectivity index is 0.00000270. The molecule has 57 heavy (non-hydrogen) atoms. The van der Waals surface area contributed by atoms with Gasteiger partial charge in [-0.2, -0.15) is 22.8 Å². The molecule has 1 unspecified atom stereocenters. The first kappa shape index (κ1) is 41.4. The van der Waals surface area contributed by atoms with Gasteiger partial charge in [0.2, 0.25) is 5.95 Å². The summed E-state index contributed by atoms with van der Waals surface area (Å²) in [5.74, 6) is 5.12. The normalized spacial score (nSPS) is 16.0. The van der Waals surface area contributed by atoms with Gasteiger partial charge in [-0.3, -0.25) is 5.14 Å². The first-order chi connectivity index (χ1) is 27.3. The van der Waals surface area contributed by atoms with Crippen LogP contribution in [0.15, 0.2) is 111 Å². The van der Waals surface area contributed by atoms with Crippen molar-refractivity contribution in [1.82, 2.24) is 24.6 Å². The first-order valence-corrected chi connectivity index (χ1v) is 20.6. The number of aryl methyl sites for hydroxylation is 1. The fourth-order valence-electron chi connectivity index (χ4n) is 7.72. The Labute approximate surface area is 340 Å². The van der Waals surface area contributed by atoms with E-state index in [1.165, 1.54) is 17.2 Å². The molecule has 4 aromatic rings. The fourth-order valence-corrected chi connectivity index (χ4v) is 8.41. The quantitative estimate of drug-likeness (QED) is 0.102. The molecule has 1 saturated heterocycles. The van der Waals surface area contributed by atoms with Crippen LogP contribution in [0.1, 0.15) is 48.4 Å². The van der Waals surface area contributed by atoms with Crippen LogP contribution < -0.4 is 20.1 Å². The third kappa shape index (κ3) is 8.70. The van der Waals surface area contributed by atoms with Gasteiger partial charge < -0.3 is 24.7 Å². The number of nitrogens with one attached hydrogen (secondary N) is 2. The Morgan fingerprint density at radius 2 is 1.68 bits per heavy atom. The molecule has 1 atom stereocenters. The number of anilines is 3. The number of nitrogens with zero attached hydrogens (tertiary/aromatic N) is 6. The number of para-hydroxylation sites is 1. The number of halogens is 4. The maximum Gasteiger partial charge on any atom is 0.416 e. The Morgan fingerprint density at radius 1 is 0.965 bits per heavy atom. The largest absolute Gasteiger partial charge is 0.416 e. The molecule has 0 saturated carbocycles. The zero-order valence-electron chi connectivity index (χ0n) is 32.3. The van der Waals surface area contributed by atoms with E-state index in [-0.39, 0.29) is 11.6 Å². The van der Waals surface area contributed by atoms with E-state index in [4.69, 9.17) is 26.8 Å². The van der Waals surface area contributed by atoms with Gasteiger partial charge in [0.15, 0.2) is 5.82 Å². The lowest BCUT2D eigenvalue weighted by atomic mass is 9.88. The van der Waals surface area contributed by atoms with Crippen LogP contribution in [-0.4, -0.2) is 63.2 Å². The van der Waals surface area contributed by atoms with Crippen LogP contribution in [0.3, 0.4) is 0 Å². The van der Waals surface area contributed by atoms with Crippen molar-refractivity contribution in [2.24, 2.45) is 5.14 Å². The highest BCUT2D eigenvalue weighted by molar-refractivity contribution is 8.13. The molecule has 2 aliphatic heterocycles. The molecule has 300 valence electrons. The first-order valence-electron chi connectivity index (χ1n) is 18.8. The van der Waals surface area contributed by atoms with E-state index in [9.17, 15) is 13.2 Å². The topological polar surface area (TPSA) is 90.5 Å². The van der Waals surface area contributed by atoms with Crippen molar-refractivity contribution in [3.8, 4) is 11.4 Å².